The number of rotatable bonds is 8. The molecule has 0 heterocycles. The lowest BCUT2D eigenvalue weighted by atomic mass is 10.1. The first-order valence-electron chi connectivity index (χ1n) is 7.86. The van der Waals surface area contributed by atoms with Gasteiger partial charge < -0.3 is 14.8 Å². The standard InChI is InChI=1S/C19H20ClNO4/c1-24-17-4-2-3-15(11-17)12-19(23)25-13-18(22)21-10-9-14-5-7-16(20)8-6-14/h2-8,11H,9-10,12-13H2,1H3,(H,21,22). The van der Waals surface area contributed by atoms with E-state index in [1.807, 2.05) is 12.1 Å². The van der Waals surface area contributed by atoms with Crippen molar-refractivity contribution < 1.29 is 19.1 Å². The van der Waals surface area contributed by atoms with Gasteiger partial charge in [-0.25, -0.2) is 0 Å². The van der Waals surface area contributed by atoms with E-state index in [-0.39, 0.29) is 18.9 Å². The van der Waals surface area contributed by atoms with E-state index in [0.29, 0.717) is 23.7 Å². The molecule has 6 heteroatoms. The number of nitrogens with one attached hydrogen (secondary N) is 1. The Morgan fingerprint density at radius 3 is 2.56 bits per heavy atom. The fourth-order valence-electron chi connectivity index (χ4n) is 2.19. The number of ether oxygens (including phenoxy) is 2. The highest BCUT2D eigenvalue weighted by molar-refractivity contribution is 6.30. The van der Waals surface area contributed by atoms with E-state index in [0.717, 1.165) is 11.1 Å². The van der Waals surface area contributed by atoms with Gasteiger partial charge in [-0.1, -0.05) is 35.9 Å². The lowest BCUT2D eigenvalue weighted by molar-refractivity contribution is -0.147. The van der Waals surface area contributed by atoms with Crippen molar-refractivity contribution >= 4 is 23.5 Å². The highest BCUT2D eigenvalue weighted by Gasteiger charge is 2.09. The number of amides is 1. The lowest BCUT2D eigenvalue weighted by Gasteiger charge is -2.07. The van der Waals surface area contributed by atoms with E-state index >= 15 is 0 Å². The van der Waals surface area contributed by atoms with Crippen LogP contribution in [-0.4, -0.2) is 32.1 Å². The number of halogens is 1. The first-order valence-corrected chi connectivity index (χ1v) is 8.24. The summed E-state index contributed by atoms with van der Waals surface area (Å²) in [6, 6.07) is 14.6. The van der Waals surface area contributed by atoms with Gasteiger partial charge in [-0.2, -0.15) is 0 Å². The molecule has 0 aromatic heterocycles. The quantitative estimate of drug-likeness (QED) is 0.734. The number of hydrogen-bond donors (Lipinski definition) is 1. The number of hydrogen-bond acceptors (Lipinski definition) is 4. The zero-order chi connectivity index (χ0) is 18.1. The van der Waals surface area contributed by atoms with Crippen LogP contribution >= 0.6 is 11.6 Å². The zero-order valence-electron chi connectivity index (χ0n) is 14.0. The summed E-state index contributed by atoms with van der Waals surface area (Å²) in [7, 11) is 1.56. The summed E-state index contributed by atoms with van der Waals surface area (Å²) < 4.78 is 10.1. The number of benzene rings is 2. The van der Waals surface area contributed by atoms with Crippen molar-refractivity contribution in [3.8, 4) is 5.75 Å². The summed E-state index contributed by atoms with van der Waals surface area (Å²) in [5.74, 6) is -0.112. The van der Waals surface area contributed by atoms with E-state index in [1.165, 1.54) is 0 Å². The topological polar surface area (TPSA) is 64.6 Å². The second kappa shape index (κ2) is 9.69. The molecule has 0 radical (unpaired) electrons. The van der Waals surface area contributed by atoms with E-state index in [2.05, 4.69) is 5.32 Å². The van der Waals surface area contributed by atoms with Crippen molar-refractivity contribution in [2.75, 3.05) is 20.3 Å². The largest absolute Gasteiger partial charge is 0.497 e. The fraction of sp³-hybridized carbons (Fsp3) is 0.263. The first kappa shape index (κ1) is 18.8. The molecule has 2 rings (SSSR count). The molecule has 5 nitrogen and oxygen atoms in total. The van der Waals surface area contributed by atoms with Crippen molar-refractivity contribution in [3.63, 3.8) is 0 Å². The molecule has 2 aromatic rings. The molecule has 0 aliphatic heterocycles. The molecular weight excluding hydrogens is 342 g/mol. The Kier molecular flexibility index (Phi) is 7.29. The van der Waals surface area contributed by atoms with Gasteiger partial charge in [0.25, 0.3) is 5.91 Å². The van der Waals surface area contributed by atoms with Crippen LogP contribution in [0, 0.1) is 0 Å². The molecule has 0 aliphatic rings. The van der Waals surface area contributed by atoms with E-state index in [9.17, 15) is 9.59 Å². The molecule has 0 unspecified atom stereocenters. The van der Waals surface area contributed by atoms with Gasteiger partial charge in [-0.05, 0) is 41.8 Å². The zero-order valence-corrected chi connectivity index (χ0v) is 14.7. The van der Waals surface area contributed by atoms with Crippen molar-refractivity contribution in [2.45, 2.75) is 12.8 Å². The molecular formula is C19H20ClNO4. The highest BCUT2D eigenvalue weighted by Crippen LogP contribution is 2.13. The lowest BCUT2D eigenvalue weighted by Crippen LogP contribution is -2.30. The predicted octanol–water partition coefficient (Wildman–Crippen LogP) is 2.79. The second-order valence-corrected chi connectivity index (χ2v) is 5.85. The number of carbonyl (C=O) groups is 2. The fourth-order valence-corrected chi connectivity index (χ4v) is 2.32. The van der Waals surface area contributed by atoms with Crippen LogP contribution in [0.25, 0.3) is 0 Å². The molecule has 1 amide bonds. The Bertz CT molecular complexity index is 716. The van der Waals surface area contributed by atoms with Crippen molar-refractivity contribution in [3.05, 3.63) is 64.7 Å². The second-order valence-electron chi connectivity index (χ2n) is 5.42. The minimum atomic E-state index is -0.457. The minimum Gasteiger partial charge on any atom is -0.497 e. The predicted molar refractivity (Wildman–Crippen MR) is 95.8 cm³/mol. The molecule has 0 saturated carbocycles. The molecule has 0 spiro atoms. The maximum absolute atomic E-state index is 11.8. The first-order chi connectivity index (χ1) is 12.1. The Morgan fingerprint density at radius 2 is 1.84 bits per heavy atom. The van der Waals surface area contributed by atoms with E-state index in [4.69, 9.17) is 21.1 Å². The van der Waals surface area contributed by atoms with Gasteiger partial charge in [-0.3, -0.25) is 9.59 Å². The highest BCUT2D eigenvalue weighted by atomic mass is 35.5. The van der Waals surface area contributed by atoms with Crippen molar-refractivity contribution in [1.82, 2.24) is 5.32 Å². The van der Waals surface area contributed by atoms with Gasteiger partial charge in [-0.15, -0.1) is 0 Å². The Morgan fingerprint density at radius 1 is 1.08 bits per heavy atom. The maximum atomic E-state index is 11.8. The molecule has 0 saturated heterocycles. The molecule has 132 valence electrons. The van der Waals surface area contributed by atoms with Gasteiger partial charge in [0.05, 0.1) is 13.5 Å². The molecule has 0 fully saturated rings. The van der Waals surface area contributed by atoms with E-state index < -0.39 is 5.97 Å². The van der Waals surface area contributed by atoms with Crippen LogP contribution in [-0.2, 0) is 27.2 Å². The van der Waals surface area contributed by atoms with Crippen LogP contribution in [0.1, 0.15) is 11.1 Å². The average molecular weight is 362 g/mol. The van der Waals surface area contributed by atoms with E-state index in [1.54, 1.807) is 43.5 Å². The SMILES string of the molecule is COc1cccc(CC(=O)OCC(=O)NCCc2ccc(Cl)cc2)c1. The number of methoxy groups -OCH3 is 1. The average Bonchev–Trinajstić information content (AvgIpc) is 2.62. The van der Waals surface area contributed by atoms with Crippen LogP contribution in [0.3, 0.4) is 0 Å². The Hall–Kier alpha value is -2.53. The molecule has 25 heavy (non-hydrogen) atoms. The number of esters is 1. The Labute approximate surface area is 151 Å². The van der Waals surface area contributed by atoms with Gasteiger partial charge in [0.2, 0.25) is 0 Å². The van der Waals surface area contributed by atoms with Gasteiger partial charge in [0.15, 0.2) is 6.61 Å². The minimum absolute atomic E-state index is 0.0925. The third kappa shape index (κ3) is 6.85. The van der Waals surface area contributed by atoms with Crippen LogP contribution in [0.2, 0.25) is 5.02 Å². The summed E-state index contributed by atoms with van der Waals surface area (Å²) >= 11 is 5.82. The normalized spacial score (nSPS) is 10.2. The maximum Gasteiger partial charge on any atom is 0.310 e. The van der Waals surface area contributed by atoms with Crippen molar-refractivity contribution in [1.29, 1.82) is 0 Å². The summed E-state index contributed by atoms with van der Waals surface area (Å²) in [6.07, 6.45) is 0.774. The third-order valence-electron chi connectivity index (χ3n) is 3.50. The summed E-state index contributed by atoms with van der Waals surface area (Å²) in [5, 5.41) is 3.39. The molecule has 0 atom stereocenters. The monoisotopic (exact) mass is 361 g/mol. The summed E-state index contributed by atoms with van der Waals surface area (Å²) in [5.41, 5.74) is 1.84. The van der Waals surface area contributed by atoms with Crippen LogP contribution < -0.4 is 10.1 Å². The van der Waals surface area contributed by atoms with Gasteiger partial charge in [0.1, 0.15) is 5.75 Å². The molecule has 1 N–H and O–H groups in total. The summed E-state index contributed by atoms with van der Waals surface area (Å²) in [6.45, 7) is 0.178. The molecule has 0 bridgehead atoms. The third-order valence-corrected chi connectivity index (χ3v) is 3.75. The van der Waals surface area contributed by atoms with Crippen LogP contribution in [0.5, 0.6) is 5.75 Å². The smallest absolute Gasteiger partial charge is 0.310 e. The van der Waals surface area contributed by atoms with Crippen LogP contribution in [0.4, 0.5) is 0 Å². The van der Waals surface area contributed by atoms with Crippen LogP contribution in [0.15, 0.2) is 48.5 Å². The molecule has 2 aromatic carbocycles. The summed E-state index contributed by atoms with van der Waals surface area (Å²) in [4.78, 5) is 23.5. The Balaban J connectivity index is 1.66. The number of carbonyl (C=O) groups excluding carboxylic acids is 2. The molecule has 0 aliphatic carbocycles. The van der Waals surface area contributed by atoms with Crippen molar-refractivity contribution in [2.24, 2.45) is 0 Å². The van der Waals surface area contributed by atoms with Gasteiger partial charge in [0, 0.05) is 11.6 Å². The van der Waals surface area contributed by atoms with Gasteiger partial charge >= 0.3 is 5.97 Å².